The normalized spacial score (nSPS) is 20.1. The predicted octanol–water partition coefficient (Wildman–Crippen LogP) is 2.69. The number of benzene rings is 1. The zero-order chi connectivity index (χ0) is 15.2. The molecule has 4 nitrogen and oxygen atoms in total. The van der Waals surface area contributed by atoms with Gasteiger partial charge in [-0.25, -0.2) is 0 Å². The predicted molar refractivity (Wildman–Crippen MR) is 84.5 cm³/mol. The molecule has 0 unspecified atom stereocenters. The molecule has 1 saturated heterocycles. The Balaban J connectivity index is 1.87. The summed E-state index contributed by atoms with van der Waals surface area (Å²) < 4.78 is 5.79. The summed E-state index contributed by atoms with van der Waals surface area (Å²) in [5.41, 5.74) is 5.84. The highest BCUT2D eigenvalue weighted by Crippen LogP contribution is 2.25. The molecule has 0 spiro atoms. The molecule has 0 radical (unpaired) electrons. The molecule has 1 aliphatic rings. The minimum absolute atomic E-state index is 0.0555. The van der Waals surface area contributed by atoms with E-state index >= 15 is 0 Å². The van der Waals surface area contributed by atoms with Crippen molar-refractivity contribution in [2.75, 3.05) is 19.7 Å². The summed E-state index contributed by atoms with van der Waals surface area (Å²) >= 11 is 6.08. The van der Waals surface area contributed by atoms with Crippen molar-refractivity contribution >= 4 is 17.5 Å². The molecule has 2 atom stereocenters. The van der Waals surface area contributed by atoms with Crippen molar-refractivity contribution in [2.24, 2.45) is 11.7 Å². The van der Waals surface area contributed by atoms with Crippen molar-refractivity contribution in [3.8, 4) is 5.75 Å². The largest absolute Gasteiger partial charge is 0.492 e. The maximum absolute atomic E-state index is 12.1. The van der Waals surface area contributed by atoms with Crippen molar-refractivity contribution in [1.29, 1.82) is 0 Å². The fraction of sp³-hybridized carbons (Fsp3) is 0.562. The Morgan fingerprint density at radius 2 is 2.29 bits per heavy atom. The highest BCUT2D eigenvalue weighted by molar-refractivity contribution is 6.32. The van der Waals surface area contributed by atoms with Crippen LogP contribution < -0.4 is 10.5 Å². The molecule has 0 aliphatic carbocycles. The molecule has 1 aromatic rings. The zero-order valence-electron chi connectivity index (χ0n) is 12.4. The number of para-hydroxylation sites is 1. The Hall–Kier alpha value is -1.26. The number of nitrogens with two attached hydrogens (primary N) is 1. The van der Waals surface area contributed by atoms with Gasteiger partial charge in [-0.2, -0.15) is 0 Å². The third-order valence-electron chi connectivity index (χ3n) is 3.90. The summed E-state index contributed by atoms with van der Waals surface area (Å²) in [6.45, 7) is 4.03. The van der Waals surface area contributed by atoms with E-state index in [1.54, 1.807) is 0 Å². The van der Waals surface area contributed by atoms with E-state index in [0.29, 0.717) is 29.7 Å². The summed E-state index contributed by atoms with van der Waals surface area (Å²) in [6.07, 6.45) is 2.74. The van der Waals surface area contributed by atoms with Gasteiger partial charge in [0.15, 0.2) is 0 Å². The highest BCUT2D eigenvalue weighted by Gasteiger charge is 2.26. The summed E-state index contributed by atoms with van der Waals surface area (Å²) in [5.74, 6) is 1.09. The molecule has 0 bridgehead atoms. The number of carbonyl (C=O) groups is 1. The van der Waals surface area contributed by atoms with E-state index in [0.717, 1.165) is 25.9 Å². The first-order valence-electron chi connectivity index (χ1n) is 7.53. The zero-order valence-corrected chi connectivity index (χ0v) is 13.2. The molecule has 1 fully saturated rings. The van der Waals surface area contributed by atoms with Gasteiger partial charge in [-0.1, -0.05) is 30.7 Å². The van der Waals surface area contributed by atoms with E-state index < -0.39 is 0 Å². The Morgan fingerprint density at radius 3 is 3.00 bits per heavy atom. The van der Waals surface area contributed by atoms with Crippen LogP contribution in [-0.2, 0) is 4.79 Å². The van der Waals surface area contributed by atoms with E-state index in [1.165, 1.54) is 0 Å². The lowest BCUT2D eigenvalue weighted by atomic mass is 9.98. The molecule has 2 N–H and O–H groups in total. The maximum atomic E-state index is 12.1. The average molecular weight is 311 g/mol. The van der Waals surface area contributed by atoms with Crippen molar-refractivity contribution in [1.82, 2.24) is 4.90 Å². The summed E-state index contributed by atoms with van der Waals surface area (Å²) in [4.78, 5) is 14.0. The number of ether oxygens (including phenoxy) is 1. The van der Waals surface area contributed by atoms with Crippen LogP contribution in [0.2, 0.25) is 5.02 Å². The van der Waals surface area contributed by atoms with Crippen LogP contribution in [0, 0.1) is 5.92 Å². The van der Waals surface area contributed by atoms with Crippen LogP contribution in [0.15, 0.2) is 24.3 Å². The van der Waals surface area contributed by atoms with Gasteiger partial charge in [0.25, 0.3) is 0 Å². The first-order chi connectivity index (χ1) is 10.1. The van der Waals surface area contributed by atoms with E-state index in [9.17, 15) is 4.79 Å². The molecule has 1 heterocycles. The second-order valence-electron chi connectivity index (χ2n) is 5.55. The van der Waals surface area contributed by atoms with Gasteiger partial charge in [0.1, 0.15) is 5.75 Å². The lowest BCUT2D eigenvalue weighted by Gasteiger charge is -2.34. The fourth-order valence-electron chi connectivity index (χ4n) is 2.58. The quantitative estimate of drug-likeness (QED) is 0.909. The molecular weight excluding hydrogens is 288 g/mol. The van der Waals surface area contributed by atoms with Crippen LogP contribution in [0.1, 0.15) is 26.2 Å². The summed E-state index contributed by atoms with van der Waals surface area (Å²) in [7, 11) is 0. The van der Waals surface area contributed by atoms with Crippen molar-refractivity contribution in [2.45, 2.75) is 32.2 Å². The SMILES string of the molecule is CC[C@@H](N)C(=O)N1CCC[C@@H](COc2ccccc2Cl)C1. The first-order valence-corrected chi connectivity index (χ1v) is 7.91. The number of rotatable bonds is 5. The molecule has 2 rings (SSSR count). The lowest BCUT2D eigenvalue weighted by molar-refractivity contribution is -0.134. The number of carbonyl (C=O) groups excluding carboxylic acids is 1. The molecule has 21 heavy (non-hydrogen) atoms. The topological polar surface area (TPSA) is 55.6 Å². The van der Waals surface area contributed by atoms with Crippen LogP contribution in [0.5, 0.6) is 5.75 Å². The maximum Gasteiger partial charge on any atom is 0.239 e. The third-order valence-corrected chi connectivity index (χ3v) is 4.21. The lowest BCUT2D eigenvalue weighted by Crippen LogP contribution is -2.48. The van der Waals surface area contributed by atoms with Gasteiger partial charge in [-0.05, 0) is 31.4 Å². The van der Waals surface area contributed by atoms with Gasteiger partial charge in [-0.15, -0.1) is 0 Å². The van der Waals surface area contributed by atoms with Crippen LogP contribution in [0.4, 0.5) is 0 Å². The standard InChI is InChI=1S/C16H23ClN2O2/c1-2-14(18)16(20)19-9-5-6-12(10-19)11-21-15-8-4-3-7-13(15)17/h3-4,7-8,12,14H,2,5-6,9-11,18H2,1H3/t12-,14-/m1/s1. The molecule has 1 aromatic carbocycles. The number of nitrogens with zero attached hydrogens (tertiary/aromatic N) is 1. The van der Waals surface area contributed by atoms with Gasteiger partial charge >= 0.3 is 0 Å². The van der Waals surface area contributed by atoms with Crippen LogP contribution in [-0.4, -0.2) is 36.5 Å². The van der Waals surface area contributed by atoms with Crippen LogP contribution in [0.25, 0.3) is 0 Å². The Kier molecular flexibility index (Phi) is 5.88. The van der Waals surface area contributed by atoms with Crippen LogP contribution in [0.3, 0.4) is 0 Å². The van der Waals surface area contributed by atoms with E-state index in [1.807, 2.05) is 36.1 Å². The second-order valence-corrected chi connectivity index (χ2v) is 5.96. The van der Waals surface area contributed by atoms with E-state index in [-0.39, 0.29) is 11.9 Å². The fourth-order valence-corrected chi connectivity index (χ4v) is 2.77. The number of hydrogen-bond donors (Lipinski definition) is 1. The van der Waals surface area contributed by atoms with E-state index in [4.69, 9.17) is 22.1 Å². The molecule has 1 amide bonds. The molecule has 116 valence electrons. The second kappa shape index (κ2) is 7.66. The first kappa shape index (κ1) is 16.1. The van der Waals surface area contributed by atoms with Gasteiger partial charge in [0.2, 0.25) is 5.91 Å². The van der Waals surface area contributed by atoms with Gasteiger partial charge < -0.3 is 15.4 Å². The van der Waals surface area contributed by atoms with Crippen molar-refractivity contribution < 1.29 is 9.53 Å². The molecule has 0 saturated carbocycles. The number of halogens is 1. The Morgan fingerprint density at radius 1 is 1.52 bits per heavy atom. The minimum atomic E-state index is -0.381. The van der Waals surface area contributed by atoms with Gasteiger partial charge in [0, 0.05) is 19.0 Å². The molecule has 0 aromatic heterocycles. The molecule has 1 aliphatic heterocycles. The average Bonchev–Trinajstić information content (AvgIpc) is 2.53. The summed E-state index contributed by atoms with van der Waals surface area (Å²) in [6, 6.07) is 7.07. The summed E-state index contributed by atoms with van der Waals surface area (Å²) in [5, 5.41) is 0.620. The van der Waals surface area contributed by atoms with Crippen molar-refractivity contribution in [3.05, 3.63) is 29.3 Å². The minimum Gasteiger partial charge on any atom is -0.492 e. The smallest absolute Gasteiger partial charge is 0.239 e. The highest BCUT2D eigenvalue weighted by atomic mass is 35.5. The monoisotopic (exact) mass is 310 g/mol. The number of hydrogen-bond acceptors (Lipinski definition) is 3. The van der Waals surface area contributed by atoms with Gasteiger partial charge in [0.05, 0.1) is 17.7 Å². The van der Waals surface area contributed by atoms with E-state index in [2.05, 4.69) is 0 Å². The Labute approximate surface area is 131 Å². The third kappa shape index (κ3) is 4.35. The van der Waals surface area contributed by atoms with Crippen LogP contribution >= 0.6 is 11.6 Å². The van der Waals surface area contributed by atoms with Gasteiger partial charge in [-0.3, -0.25) is 4.79 Å². The van der Waals surface area contributed by atoms with Crippen molar-refractivity contribution in [3.63, 3.8) is 0 Å². The molecular formula is C16H23ClN2O2. The number of likely N-dealkylation sites (tertiary alicyclic amines) is 1. The molecule has 5 heteroatoms. The number of piperidine rings is 1. The number of amides is 1. The Bertz CT molecular complexity index is 481.